The summed E-state index contributed by atoms with van der Waals surface area (Å²) in [6, 6.07) is 4.36. The zero-order valence-electron chi connectivity index (χ0n) is 13.6. The number of carbonyl (C=O) groups excluding carboxylic acids is 1. The standard InChI is InChI=1S/C17H26N4O/c1-20(2)16-6-5-14(12-19-16)17(22)21-9-7-15(8-10-21)18-11-13-3-4-13/h5-6,12-13,15,18H,3-4,7-11H2,1-2H3. The van der Waals surface area contributed by atoms with Gasteiger partial charge >= 0.3 is 0 Å². The molecule has 1 aromatic heterocycles. The lowest BCUT2D eigenvalue weighted by molar-refractivity contribution is 0.0704. The summed E-state index contributed by atoms with van der Waals surface area (Å²) < 4.78 is 0. The molecule has 2 fully saturated rings. The van der Waals surface area contributed by atoms with Crippen molar-refractivity contribution in [3.63, 3.8) is 0 Å². The van der Waals surface area contributed by atoms with E-state index in [0.717, 1.165) is 44.2 Å². The molecule has 0 bridgehead atoms. The number of carbonyl (C=O) groups is 1. The van der Waals surface area contributed by atoms with Crippen molar-refractivity contribution in [3.05, 3.63) is 23.9 Å². The average Bonchev–Trinajstić information content (AvgIpc) is 3.37. The molecule has 0 spiro atoms. The smallest absolute Gasteiger partial charge is 0.255 e. The molecule has 5 heteroatoms. The van der Waals surface area contributed by atoms with Crippen molar-refractivity contribution in [1.29, 1.82) is 0 Å². The predicted octanol–water partition coefficient (Wildman–Crippen LogP) is 1.75. The van der Waals surface area contributed by atoms with Gasteiger partial charge in [0.15, 0.2) is 0 Å². The third kappa shape index (κ3) is 3.77. The Morgan fingerprint density at radius 3 is 2.55 bits per heavy atom. The molecule has 0 unspecified atom stereocenters. The summed E-state index contributed by atoms with van der Waals surface area (Å²) >= 11 is 0. The van der Waals surface area contributed by atoms with Crippen LogP contribution in [0.3, 0.4) is 0 Å². The minimum Gasteiger partial charge on any atom is -0.363 e. The molecule has 1 aliphatic heterocycles. The highest BCUT2D eigenvalue weighted by molar-refractivity contribution is 5.94. The van der Waals surface area contributed by atoms with E-state index in [9.17, 15) is 4.79 Å². The number of rotatable bonds is 5. The van der Waals surface area contributed by atoms with E-state index < -0.39 is 0 Å². The first-order chi connectivity index (χ1) is 10.6. The van der Waals surface area contributed by atoms with Crippen LogP contribution in [0.2, 0.25) is 0 Å². The molecule has 1 saturated carbocycles. The molecular weight excluding hydrogens is 276 g/mol. The van der Waals surface area contributed by atoms with Gasteiger partial charge in [0.1, 0.15) is 5.82 Å². The maximum Gasteiger partial charge on any atom is 0.255 e. The molecule has 1 saturated heterocycles. The van der Waals surface area contributed by atoms with Crippen LogP contribution in [-0.4, -0.2) is 55.6 Å². The van der Waals surface area contributed by atoms with E-state index in [4.69, 9.17) is 0 Å². The fourth-order valence-electron chi connectivity index (χ4n) is 2.90. The first kappa shape index (κ1) is 15.3. The molecule has 1 N–H and O–H groups in total. The van der Waals surface area contributed by atoms with E-state index in [1.165, 1.54) is 12.8 Å². The van der Waals surface area contributed by atoms with Crippen LogP contribution in [0.5, 0.6) is 0 Å². The van der Waals surface area contributed by atoms with Crippen LogP contribution < -0.4 is 10.2 Å². The molecule has 120 valence electrons. The van der Waals surface area contributed by atoms with Crippen LogP contribution in [0, 0.1) is 5.92 Å². The van der Waals surface area contributed by atoms with E-state index in [1.54, 1.807) is 6.20 Å². The Morgan fingerprint density at radius 1 is 1.27 bits per heavy atom. The van der Waals surface area contributed by atoms with Crippen molar-refractivity contribution in [2.24, 2.45) is 5.92 Å². The van der Waals surface area contributed by atoms with E-state index in [2.05, 4.69) is 10.3 Å². The van der Waals surface area contributed by atoms with Gasteiger partial charge in [0.05, 0.1) is 5.56 Å². The fraction of sp³-hybridized carbons (Fsp3) is 0.647. The van der Waals surface area contributed by atoms with Crippen LogP contribution in [0.15, 0.2) is 18.3 Å². The monoisotopic (exact) mass is 302 g/mol. The Labute approximate surface area is 132 Å². The van der Waals surface area contributed by atoms with Gasteiger partial charge in [-0.15, -0.1) is 0 Å². The van der Waals surface area contributed by atoms with Gasteiger partial charge in [-0.2, -0.15) is 0 Å². The van der Waals surface area contributed by atoms with Crippen LogP contribution in [0.4, 0.5) is 5.82 Å². The number of aromatic nitrogens is 1. The molecule has 5 nitrogen and oxygen atoms in total. The Hall–Kier alpha value is -1.62. The predicted molar refractivity (Wildman–Crippen MR) is 88.2 cm³/mol. The lowest BCUT2D eigenvalue weighted by Crippen LogP contribution is -2.45. The molecule has 0 aromatic carbocycles. The number of hydrogen-bond acceptors (Lipinski definition) is 4. The quantitative estimate of drug-likeness (QED) is 0.900. The summed E-state index contributed by atoms with van der Waals surface area (Å²) in [6.45, 7) is 2.85. The third-order valence-corrected chi connectivity index (χ3v) is 4.63. The summed E-state index contributed by atoms with van der Waals surface area (Å²) in [7, 11) is 3.90. The highest BCUT2D eigenvalue weighted by atomic mass is 16.2. The summed E-state index contributed by atoms with van der Waals surface area (Å²) in [6.07, 6.45) is 6.58. The zero-order valence-corrected chi connectivity index (χ0v) is 13.6. The van der Waals surface area contributed by atoms with Gasteiger partial charge in [-0.25, -0.2) is 4.98 Å². The molecular formula is C17H26N4O. The fourth-order valence-corrected chi connectivity index (χ4v) is 2.90. The molecule has 2 aliphatic rings. The molecule has 2 heterocycles. The number of nitrogens with zero attached hydrogens (tertiary/aromatic N) is 3. The van der Waals surface area contributed by atoms with Crippen LogP contribution in [0.1, 0.15) is 36.0 Å². The minimum absolute atomic E-state index is 0.110. The highest BCUT2D eigenvalue weighted by Gasteiger charge is 2.26. The topological polar surface area (TPSA) is 48.5 Å². The first-order valence-corrected chi connectivity index (χ1v) is 8.29. The van der Waals surface area contributed by atoms with Gasteiger partial charge < -0.3 is 15.1 Å². The second kappa shape index (κ2) is 6.65. The van der Waals surface area contributed by atoms with Crippen molar-refractivity contribution in [2.75, 3.05) is 38.6 Å². The average molecular weight is 302 g/mol. The lowest BCUT2D eigenvalue weighted by atomic mass is 10.0. The molecule has 22 heavy (non-hydrogen) atoms. The summed E-state index contributed by atoms with van der Waals surface area (Å²) in [5.41, 5.74) is 0.690. The molecule has 0 radical (unpaired) electrons. The number of pyridine rings is 1. The van der Waals surface area contributed by atoms with Crippen molar-refractivity contribution in [2.45, 2.75) is 31.7 Å². The maximum absolute atomic E-state index is 12.5. The van der Waals surface area contributed by atoms with Gasteiger partial charge in [0.2, 0.25) is 0 Å². The van der Waals surface area contributed by atoms with Crippen molar-refractivity contribution >= 4 is 11.7 Å². The first-order valence-electron chi connectivity index (χ1n) is 8.29. The molecule has 0 atom stereocenters. The summed E-state index contributed by atoms with van der Waals surface area (Å²) in [5.74, 6) is 1.90. The Kier molecular flexibility index (Phi) is 4.62. The van der Waals surface area contributed by atoms with Crippen LogP contribution in [0.25, 0.3) is 0 Å². The van der Waals surface area contributed by atoms with Crippen molar-refractivity contribution in [1.82, 2.24) is 15.2 Å². The summed E-state index contributed by atoms with van der Waals surface area (Å²) in [4.78, 5) is 20.7. The van der Waals surface area contributed by atoms with Gasteiger partial charge in [0, 0.05) is 39.4 Å². The second-order valence-electron chi connectivity index (χ2n) is 6.72. The van der Waals surface area contributed by atoms with E-state index in [1.807, 2.05) is 36.0 Å². The number of anilines is 1. The number of likely N-dealkylation sites (tertiary alicyclic amines) is 1. The van der Waals surface area contributed by atoms with E-state index >= 15 is 0 Å². The van der Waals surface area contributed by atoms with Gasteiger partial charge in [0.25, 0.3) is 5.91 Å². The Bertz CT molecular complexity index is 502. The van der Waals surface area contributed by atoms with E-state index in [-0.39, 0.29) is 5.91 Å². The van der Waals surface area contributed by atoms with Crippen LogP contribution in [-0.2, 0) is 0 Å². The second-order valence-corrected chi connectivity index (χ2v) is 6.72. The van der Waals surface area contributed by atoms with Crippen LogP contribution >= 0.6 is 0 Å². The number of nitrogens with one attached hydrogen (secondary N) is 1. The zero-order chi connectivity index (χ0) is 15.5. The molecule has 3 rings (SSSR count). The number of piperidine rings is 1. The molecule has 1 aliphatic carbocycles. The highest BCUT2D eigenvalue weighted by Crippen LogP contribution is 2.28. The molecule has 1 amide bonds. The Balaban J connectivity index is 1.50. The Morgan fingerprint density at radius 2 is 2.00 bits per heavy atom. The van der Waals surface area contributed by atoms with Gasteiger partial charge in [-0.05, 0) is 50.3 Å². The number of amides is 1. The van der Waals surface area contributed by atoms with Crippen molar-refractivity contribution in [3.8, 4) is 0 Å². The normalized spacial score (nSPS) is 19.3. The van der Waals surface area contributed by atoms with Gasteiger partial charge in [-0.1, -0.05) is 0 Å². The summed E-state index contributed by atoms with van der Waals surface area (Å²) in [5, 5.41) is 3.65. The molecule has 1 aromatic rings. The number of hydrogen-bond donors (Lipinski definition) is 1. The van der Waals surface area contributed by atoms with Gasteiger partial charge in [-0.3, -0.25) is 4.79 Å². The van der Waals surface area contributed by atoms with Crippen molar-refractivity contribution < 1.29 is 4.79 Å². The minimum atomic E-state index is 0.110. The largest absolute Gasteiger partial charge is 0.363 e. The maximum atomic E-state index is 12.5. The van der Waals surface area contributed by atoms with E-state index in [0.29, 0.717) is 11.6 Å². The third-order valence-electron chi connectivity index (χ3n) is 4.63. The SMILES string of the molecule is CN(C)c1ccc(C(=O)N2CCC(NCC3CC3)CC2)cn1. The lowest BCUT2D eigenvalue weighted by Gasteiger charge is -2.32.